The maximum Gasteiger partial charge on any atom is 0.345 e. The molecule has 2 aromatic heterocycles. The van der Waals surface area contributed by atoms with Gasteiger partial charge in [0.25, 0.3) is 0 Å². The van der Waals surface area contributed by atoms with Crippen molar-refractivity contribution < 1.29 is 0 Å². The average molecular weight is 471 g/mol. The number of aryl methyl sites for hydroxylation is 2. The molecular formula is C17H26IN7O. The molecule has 0 saturated heterocycles. The Morgan fingerprint density at radius 2 is 2.19 bits per heavy atom. The van der Waals surface area contributed by atoms with Crippen molar-refractivity contribution >= 4 is 29.9 Å². The SMILES string of the molecule is CN=C(NCCCn1nc2n(c1=O)CCCC2)NCc1ccccn1.I. The first-order chi connectivity index (χ1) is 12.3. The van der Waals surface area contributed by atoms with E-state index in [4.69, 9.17) is 0 Å². The summed E-state index contributed by atoms with van der Waals surface area (Å²) in [5.41, 5.74) is 0.980. The van der Waals surface area contributed by atoms with Crippen LogP contribution in [-0.4, -0.2) is 38.9 Å². The fourth-order valence-corrected chi connectivity index (χ4v) is 2.93. The predicted octanol–water partition coefficient (Wildman–Crippen LogP) is 1.15. The third-order valence-electron chi connectivity index (χ3n) is 4.26. The molecule has 0 aromatic carbocycles. The number of guanidine groups is 1. The molecule has 3 rings (SSSR count). The predicted molar refractivity (Wildman–Crippen MR) is 112 cm³/mol. The van der Waals surface area contributed by atoms with Crippen molar-refractivity contribution in [2.24, 2.45) is 4.99 Å². The molecule has 0 aliphatic carbocycles. The van der Waals surface area contributed by atoms with E-state index >= 15 is 0 Å². The first kappa shape index (κ1) is 20.4. The summed E-state index contributed by atoms with van der Waals surface area (Å²) in [6.45, 7) is 2.75. The monoisotopic (exact) mass is 471 g/mol. The number of hydrogen-bond acceptors (Lipinski definition) is 4. The van der Waals surface area contributed by atoms with Gasteiger partial charge in [0.15, 0.2) is 5.96 Å². The third-order valence-corrected chi connectivity index (χ3v) is 4.26. The molecule has 8 nitrogen and oxygen atoms in total. The Hall–Kier alpha value is -1.91. The lowest BCUT2D eigenvalue weighted by atomic mass is 10.2. The number of aromatic nitrogens is 4. The van der Waals surface area contributed by atoms with Crippen LogP contribution in [0.1, 0.15) is 30.8 Å². The van der Waals surface area contributed by atoms with Gasteiger partial charge in [0.05, 0.1) is 12.2 Å². The molecule has 0 atom stereocenters. The van der Waals surface area contributed by atoms with Crippen LogP contribution in [0, 0.1) is 0 Å². The number of aliphatic imine (C=N–C) groups is 1. The first-order valence-corrected chi connectivity index (χ1v) is 8.79. The summed E-state index contributed by atoms with van der Waals surface area (Å²) in [4.78, 5) is 20.7. The molecule has 0 spiro atoms. The van der Waals surface area contributed by atoms with Crippen molar-refractivity contribution in [3.8, 4) is 0 Å². The van der Waals surface area contributed by atoms with E-state index in [1.54, 1.807) is 17.9 Å². The minimum absolute atomic E-state index is 0. The zero-order chi connectivity index (χ0) is 17.5. The topological polar surface area (TPSA) is 89.1 Å². The van der Waals surface area contributed by atoms with Gasteiger partial charge in [0.2, 0.25) is 0 Å². The van der Waals surface area contributed by atoms with E-state index in [-0.39, 0.29) is 29.7 Å². The van der Waals surface area contributed by atoms with Gasteiger partial charge in [-0.2, -0.15) is 5.10 Å². The normalized spacial score (nSPS) is 13.7. The maximum absolute atomic E-state index is 12.3. The molecule has 9 heteroatoms. The number of rotatable bonds is 6. The van der Waals surface area contributed by atoms with Crippen LogP contribution in [-0.2, 0) is 26.1 Å². The van der Waals surface area contributed by atoms with Gasteiger partial charge in [-0.25, -0.2) is 9.48 Å². The molecule has 0 amide bonds. The Kier molecular flexibility index (Phi) is 8.07. The molecule has 3 heterocycles. The van der Waals surface area contributed by atoms with Crippen LogP contribution < -0.4 is 16.3 Å². The minimum atomic E-state index is 0. The standard InChI is InChI=1S/C17H25N7O.HI/c1-18-16(21-13-14-7-2-4-9-19-14)20-10-6-12-24-17(25)23-11-5-3-8-15(23)22-24;/h2,4,7,9H,3,5-6,8,10-13H2,1H3,(H2,18,20,21);1H. The lowest BCUT2D eigenvalue weighted by Gasteiger charge is -2.11. The lowest BCUT2D eigenvalue weighted by Crippen LogP contribution is -2.38. The summed E-state index contributed by atoms with van der Waals surface area (Å²) >= 11 is 0. The second-order valence-corrected chi connectivity index (χ2v) is 6.06. The van der Waals surface area contributed by atoms with Crippen molar-refractivity contribution in [1.82, 2.24) is 30.0 Å². The van der Waals surface area contributed by atoms with Gasteiger partial charge in [-0.05, 0) is 31.4 Å². The lowest BCUT2D eigenvalue weighted by molar-refractivity contribution is 0.509. The number of hydrogen-bond donors (Lipinski definition) is 2. The van der Waals surface area contributed by atoms with Crippen LogP contribution in [0.25, 0.3) is 0 Å². The Morgan fingerprint density at radius 3 is 2.92 bits per heavy atom. The number of nitrogens with one attached hydrogen (secondary N) is 2. The highest BCUT2D eigenvalue weighted by Gasteiger charge is 2.16. The van der Waals surface area contributed by atoms with E-state index in [0.717, 1.165) is 56.3 Å². The number of halogens is 1. The minimum Gasteiger partial charge on any atom is -0.356 e. The van der Waals surface area contributed by atoms with E-state index in [1.165, 1.54) is 0 Å². The van der Waals surface area contributed by atoms with Crippen molar-refractivity contribution in [3.05, 3.63) is 46.4 Å². The van der Waals surface area contributed by atoms with Crippen LogP contribution in [0.5, 0.6) is 0 Å². The summed E-state index contributed by atoms with van der Waals surface area (Å²) in [5, 5.41) is 10.9. The highest BCUT2D eigenvalue weighted by molar-refractivity contribution is 14.0. The Balaban J connectivity index is 0.00000243. The van der Waals surface area contributed by atoms with E-state index in [9.17, 15) is 4.79 Å². The van der Waals surface area contributed by atoms with Crippen molar-refractivity contribution in [1.29, 1.82) is 0 Å². The molecular weight excluding hydrogens is 445 g/mol. The van der Waals surface area contributed by atoms with Crippen molar-refractivity contribution in [2.75, 3.05) is 13.6 Å². The van der Waals surface area contributed by atoms with Crippen molar-refractivity contribution in [3.63, 3.8) is 0 Å². The van der Waals surface area contributed by atoms with Crippen LogP contribution in [0.4, 0.5) is 0 Å². The molecule has 26 heavy (non-hydrogen) atoms. The Bertz CT molecular complexity index is 769. The molecule has 1 aliphatic rings. The van der Waals surface area contributed by atoms with E-state index in [0.29, 0.717) is 13.1 Å². The third kappa shape index (κ3) is 5.29. The molecule has 0 radical (unpaired) electrons. The van der Waals surface area contributed by atoms with Crippen molar-refractivity contribution in [2.45, 2.75) is 45.3 Å². The zero-order valence-corrected chi connectivity index (χ0v) is 17.3. The number of pyridine rings is 1. The Morgan fingerprint density at radius 1 is 1.31 bits per heavy atom. The van der Waals surface area contributed by atoms with Gasteiger partial charge >= 0.3 is 5.69 Å². The smallest absolute Gasteiger partial charge is 0.345 e. The largest absolute Gasteiger partial charge is 0.356 e. The van der Waals surface area contributed by atoms with Gasteiger partial charge in [0.1, 0.15) is 5.82 Å². The van der Waals surface area contributed by atoms with Gasteiger partial charge in [-0.15, -0.1) is 24.0 Å². The van der Waals surface area contributed by atoms with Gasteiger partial charge in [0, 0.05) is 39.3 Å². The van der Waals surface area contributed by atoms with Crippen LogP contribution >= 0.6 is 24.0 Å². The zero-order valence-electron chi connectivity index (χ0n) is 15.0. The second kappa shape index (κ2) is 10.3. The number of fused-ring (bicyclic) bond motifs is 1. The fourth-order valence-electron chi connectivity index (χ4n) is 2.93. The number of nitrogens with zero attached hydrogens (tertiary/aromatic N) is 5. The summed E-state index contributed by atoms with van der Waals surface area (Å²) in [6.07, 6.45) is 5.68. The molecule has 142 valence electrons. The maximum atomic E-state index is 12.3. The van der Waals surface area contributed by atoms with Gasteiger partial charge in [-0.1, -0.05) is 6.07 Å². The molecule has 0 saturated carbocycles. The molecule has 0 unspecified atom stereocenters. The van der Waals surface area contributed by atoms with Crippen LogP contribution in [0.2, 0.25) is 0 Å². The fraction of sp³-hybridized carbons (Fsp3) is 0.529. The Labute approximate surface area is 170 Å². The highest BCUT2D eigenvalue weighted by Crippen LogP contribution is 2.09. The molecule has 0 fully saturated rings. The molecule has 2 aromatic rings. The first-order valence-electron chi connectivity index (χ1n) is 8.79. The molecule has 2 N–H and O–H groups in total. The second-order valence-electron chi connectivity index (χ2n) is 6.06. The quantitative estimate of drug-likeness (QED) is 0.286. The summed E-state index contributed by atoms with van der Waals surface area (Å²) < 4.78 is 3.40. The molecule has 0 bridgehead atoms. The summed E-state index contributed by atoms with van der Waals surface area (Å²) in [6, 6.07) is 5.82. The molecule has 1 aliphatic heterocycles. The summed E-state index contributed by atoms with van der Waals surface area (Å²) in [7, 11) is 1.74. The van der Waals surface area contributed by atoms with Gasteiger partial charge < -0.3 is 10.6 Å². The van der Waals surface area contributed by atoms with E-state index < -0.39 is 0 Å². The van der Waals surface area contributed by atoms with Gasteiger partial charge in [-0.3, -0.25) is 14.5 Å². The average Bonchev–Trinajstić information content (AvgIpc) is 2.98. The van der Waals surface area contributed by atoms with E-state index in [1.807, 2.05) is 22.8 Å². The van der Waals surface area contributed by atoms with E-state index in [2.05, 4.69) is 25.7 Å². The highest BCUT2D eigenvalue weighted by atomic mass is 127. The summed E-state index contributed by atoms with van der Waals surface area (Å²) in [5.74, 6) is 1.65. The van der Waals surface area contributed by atoms with Crippen LogP contribution in [0.3, 0.4) is 0 Å². The van der Waals surface area contributed by atoms with Crippen LogP contribution in [0.15, 0.2) is 34.2 Å².